The first-order valence-electron chi connectivity index (χ1n) is 16.0. The fourth-order valence-electron chi connectivity index (χ4n) is 4.80. The number of halogens is 6. The summed E-state index contributed by atoms with van der Waals surface area (Å²) in [5.41, 5.74) is 0. The lowest BCUT2D eigenvalue weighted by Gasteiger charge is -2.37. The maximum Gasteiger partial charge on any atom is 0.471 e. The van der Waals surface area contributed by atoms with E-state index in [1.54, 1.807) is 0 Å². The molecule has 0 aliphatic heterocycles. The van der Waals surface area contributed by atoms with Gasteiger partial charge in [-0.05, 0) is 47.2 Å². The van der Waals surface area contributed by atoms with Gasteiger partial charge in [-0.1, -0.05) is 0 Å². The Morgan fingerprint density at radius 3 is 1.47 bits per heavy atom. The smallest absolute Gasteiger partial charge is 0.377 e. The molecular formula is C30H54F6N5O7P. The van der Waals surface area contributed by atoms with Crippen molar-refractivity contribution in [1.82, 2.24) is 24.3 Å². The maximum atomic E-state index is 13.2. The molecule has 0 radical (unpaired) electrons. The van der Waals surface area contributed by atoms with Gasteiger partial charge >= 0.3 is 24.2 Å². The second kappa shape index (κ2) is 22.5. The van der Waals surface area contributed by atoms with E-state index in [4.69, 9.17) is 14.0 Å². The molecule has 0 N–H and O–H groups in total. The molecule has 0 spiro atoms. The standard InChI is InChI=1S/C30H54F6N5O7P/c1-22(2)41(23(3)4)49(9)48-26(20-46-18-16-39(25(6)43)14-11-13-38(8)27(44)29(31,32)33)21-47-19-17-40(28(45)30(34,35)36)15-10-12-37(7)24(5)42/h22-23,26H,10-21H2,1-9H3. The van der Waals surface area contributed by atoms with E-state index in [1.807, 2.05) is 34.4 Å². The molecule has 0 saturated carbocycles. The van der Waals surface area contributed by atoms with Crippen molar-refractivity contribution in [2.24, 2.45) is 0 Å². The van der Waals surface area contributed by atoms with Crippen LogP contribution >= 0.6 is 8.30 Å². The summed E-state index contributed by atoms with van der Waals surface area (Å²) in [5.74, 6) is -4.57. The number of ether oxygens (including phenoxy) is 2. The predicted molar refractivity (Wildman–Crippen MR) is 173 cm³/mol. The first kappa shape index (κ1) is 46.7. The third kappa shape index (κ3) is 19.1. The summed E-state index contributed by atoms with van der Waals surface area (Å²) in [6, 6.07) is 0.273. The third-order valence-corrected chi connectivity index (χ3v) is 9.43. The van der Waals surface area contributed by atoms with Crippen LogP contribution in [-0.4, -0.2) is 165 Å². The van der Waals surface area contributed by atoms with Crippen molar-refractivity contribution in [3.05, 3.63) is 0 Å². The third-order valence-electron chi connectivity index (χ3n) is 7.25. The lowest BCUT2D eigenvalue weighted by molar-refractivity contribution is -0.186. The molecular weight excluding hydrogens is 687 g/mol. The minimum absolute atomic E-state index is 0.00610. The van der Waals surface area contributed by atoms with E-state index >= 15 is 0 Å². The van der Waals surface area contributed by atoms with Gasteiger partial charge in [0, 0.05) is 79.3 Å². The largest absolute Gasteiger partial charge is 0.471 e. The lowest BCUT2D eigenvalue weighted by atomic mass is 10.3. The Labute approximate surface area is 287 Å². The number of carbonyl (C=O) groups is 4. The SMILES string of the molecule is CC(=O)N(C)CCCN(CCOCC(COCCN(CCCN(C)C(=O)C(F)(F)F)C(C)=O)OP(C)N(C(C)C)C(C)C)C(=O)C(F)(F)F. The molecule has 288 valence electrons. The Kier molecular flexibility index (Phi) is 21.5. The number of nitrogens with zero attached hydrogens (tertiary/aromatic N) is 5. The van der Waals surface area contributed by atoms with Gasteiger partial charge < -0.3 is 33.6 Å². The van der Waals surface area contributed by atoms with Gasteiger partial charge in [-0.15, -0.1) is 0 Å². The van der Waals surface area contributed by atoms with Gasteiger partial charge in [0.1, 0.15) is 14.4 Å². The summed E-state index contributed by atoms with van der Waals surface area (Å²) in [6.07, 6.45) is -10.5. The zero-order valence-corrected chi connectivity index (χ0v) is 30.9. The van der Waals surface area contributed by atoms with E-state index in [1.165, 1.54) is 30.7 Å². The molecule has 0 aliphatic rings. The van der Waals surface area contributed by atoms with Gasteiger partial charge in [-0.25, -0.2) is 0 Å². The van der Waals surface area contributed by atoms with Crippen molar-refractivity contribution >= 4 is 31.9 Å². The molecule has 0 aromatic rings. The molecule has 2 atom stereocenters. The van der Waals surface area contributed by atoms with Gasteiger partial charge in [0.05, 0.1) is 26.4 Å². The summed E-state index contributed by atoms with van der Waals surface area (Å²) in [7, 11) is 1.38. The Bertz CT molecular complexity index is 1010. The first-order chi connectivity index (χ1) is 22.5. The second-order valence-corrected chi connectivity index (χ2v) is 13.7. The van der Waals surface area contributed by atoms with Crippen LogP contribution in [-0.2, 0) is 33.2 Å². The molecule has 2 unspecified atom stereocenters. The van der Waals surface area contributed by atoms with Crippen molar-refractivity contribution < 1.29 is 59.5 Å². The Hall–Kier alpha value is -2.27. The van der Waals surface area contributed by atoms with Crippen LogP contribution in [0.3, 0.4) is 0 Å². The topological polar surface area (TPSA) is 112 Å². The Morgan fingerprint density at radius 2 is 1.06 bits per heavy atom. The summed E-state index contributed by atoms with van der Waals surface area (Å²) < 4.78 is 97.5. The number of rotatable bonds is 23. The van der Waals surface area contributed by atoms with E-state index < -0.39 is 38.6 Å². The molecule has 0 aliphatic carbocycles. The summed E-state index contributed by atoms with van der Waals surface area (Å²) in [6.45, 7) is 11.9. The zero-order valence-electron chi connectivity index (χ0n) is 30.0. The Morgan fingerprint density at radius 1 is 0.633 bits per heavy atom. The average Bonchev–Trinajstić information content (AvgIpc) is 2.96. The van der Waals surface area contributed by atoms with Crippen molar-refractivity contribution in [1.29, 1.82) is 0 Å². The van der Waals surface area contributed by atoms with Gasteiger partial charge in [0.25, 0.3) is 0 Å². The number of hydrogen-bond acceptors (Lipinski definition) is 8. The highest BCUT2D eigenvalue weighted by atomic mass is 31.2. The number of hydrogen-bond donors (Lipinski definition) is 0. The average molecular weight is 742 g/mol. The van der Waals surface area contributed by atoms with E-state index in [-0.39, 0.29) is 102 Å². The van der Waals surface area contributed by atoms with Crippen LogP contribution in [0.25, 0.3) is 0 Å². The molecule has 0 bridgehead atoms. The molecule has 0 heterocycles. The van der Waals surface area contributed by atoms with E-state index in [2.05, 4.69) is 4.67 Å². The summed E-state index contributed by atoms with van der Waals surface area (Å²) in [4.78, 5) is 50.8. The van der Waals surface area contributed by atoms with Crippen LogP contribution < -0.4 is 0 Å². The van der Waals surface area contributed by atoms with Crippen LogP contribution in [0.4, 0.5) is 26.3 Å². The Balaban J connectivity index is 5.34. The van der Waals surface area contributed by atoms with Crippen LogP contribution in [0, 0.1) is 0 Å². The fourth-order valence-corrected chi connectivity index (χ4v) is 6.76. The molecule has 0 aromatic carbocycles. The van der Waals surface area contributed by atoms with E-state index in [9.17, 15) is 45.5 Å². The quantitative estimate of drug-likeness (QED) is 0.0879. The maximum absolute atomic E-state index is 13.2. The van der Waals surface area contributed by atoms with E-state index in [0.717, 1.165) is 7.05 Å². The predicted octanol–water partition coefficient (Wildman–Crippen LogP) is 3.98. The molecule has 12 nitrogen and oxygen atoms in total. The molecule has 4 amide bonds. The molecule has 0 fully saturated rings. The number of amides is 4. The van der Waals surface area contributed by atoms with E-state index in [0.29, 0.717) is 9.80 Å². The van der Waals surface area contributed by atoms with Crippen LogP contribution in [0.1, 0.15) is 54.4 Å². The van der Waals surface area contributed by atoms with Crippen LogP contribution in [0.15, 0.2) is 0 Å². The minimum atomic E-state index is -5.08. The number of alkyl halides is 6. The van der Waals surface area contributed by atoms with Crippen molar-refractivity contribution in [3.8, 4) is 0 Å². The monoisotopic (exact) mass is 741 g/mol. The molecule has 0 aromatic heterocycles. The highest BCUT2D eigenvalue weighted by Crippen LogP contribution is 2.42. The van der Waals surface area contributed by atoms with Gasteiger partial charge in [0.2, 0.25) is 11.8 Å². The zero-order chi connectivity index (χ0) is 38.1. The number of carbonyl (C=O) groups excluding carboxylic acids is 4. The van der Waals surface area contributed by atoms with Crippen LogP contribution in [0.2, 0.25) is 0 Å². The van der Waals surface area contributed by atoms with Crippen molar-refractivity contribution in [3.63, 3.8) is 0 Å². The van der Waals surface area contributed by atoms with Gasteiger partial charge in [-0.3, -0.25) is 23.8 Å². The highest BCUT2D eigenvalue weighted by molar-refractivity contribution is 7.49. The first-order valence-corrected chi connectivity index (χ1v) is 17.7. The van der Waals surface area contributed by atoms with Gasteiger partial charge in [0.15, 0.2) is 0 Å². The van der Waals surface area contributed by atoms with Crippen molar-refractivity contribution in [2.75, 3.05) is 86.5 Å². The second-order valence-electron chi connectivity index (χ2n) is 12.1. The van der Waals surface area contributed by atoms with Gasteiger partial charge in [-0.2, -0.15) is 26.3 Å². The van der Waals surface area contributed by atoms with Crippen LogP contribution in [0.5, 0.6) is 0 Å². The lowest BCUT2D eigenvalue weighted by Crippen LogP contribution is -2.44. The molecule has 0 saturated heterocycles. The summed E-state index contributed by atoms with van der Waals surface area (Å²) in [5, 5.41) is 0. The summed E-state index contributed by atoms with van der Waals surface area (Å²) >= 11 is 0. The normalized spacial score (nSPS) is 13.5. The molecule has 0 rings (SSSR count). The minimum Gasteiger partial charge on any atom is -0.377 e. The fraction of sp³-hybridized carbons (Fsp3) is 0.867. The van der Waals surface area contributed by atoms with Crippen molar-refractivity contribution in [2.45, 2.75) is 84.9 Å². The molecule has 49 heavy (non-hydrogen) atoms. The highest BCUT2D eigenvalue weighted by Gasteiger charge is 2.42. The molecule has 19 heteroatoms.